The molecule has 3 nitrogen and oxygen atoms in total. The van der Waals surface area contributed by atoms with Crippen molar-refractivity contribution in [2.24, 2.45) is 0 Å². The molecule has 0 aliphatic carbocycles. The fourth-order valence-corrected chi connectivity index (χ4v) is 2.41. The van der Waals surface area contributed by atoms with Gasteiger partial charge in [-0.25, -0.2) is 0 Å². The van der Waals surface area contributed by atoms with Crippen molar-refractivity contribution in [3.63, 3.8) is 0 Å². The average Bonchev–Trinajstić information content (AvgIpc) is 2.36. The first-order valence-electron chi connectivity index (χ1n) is 6.07. The van der Waals surface area contributed by atoms with E-state index in [1.807, 2.05) is 19.1 Å². The summed E-state index contributed by atoms with van der Waals surface area (Å²) in [6.45, 7) is 4.01. The molecule has 2 atom stereocenters. The zero-order valence-corrected chi connectivity index (χ0v) is 13.6. The van der Waals surface area contributed by atoms with E-state index in [-0.39, 0.29) is 31.7 Å². The van der Waals surface area contributed by atoms with Crippen molar-refractivity contribution < 1.29 is 34.6 Å². The Bertz CT molecular complexity index is 415. The van der Waals surface area contributed by atoms with Crippen LogP contribution in [0, 0.1) is 6.92 Å². The number of aryl methyl sites for hydroxylation is 1. The van der Waals surface area contributed by atoms with Crippen LogP contribution in [0.3, 0.4) is 0 Å². The minimum atomic E-state index is -0.0968. The standard InChI is InChI=1S/C14H21O3P.Li.H/c1-5-6-12(18)14(15)13-10(16-3)7-9(2)8-11(13)17-4;;/h7-8,12H,5-6,18H2,1-4H3;;/q;+1;-1. The molecule has 0 aromatic heterocycles. The molecule has 0 heterocycles. The van der Waals surface area contributed by atoms with Gasteiger partial charge in [-0.3, -0.25) is 4.79 Å². The van der Waals surface area contributed by atoms with Gasteiger partial charge in [-0.15, -0.1) is 9.24 Å². The van der Waals surface area contributed by atoms with E-state index in [9.17, 15) is 4.79 Å². The van der Waals surface area contributed by atoms with Gasteiger partial charge in [0, 0.05) is 5.66 Å². The molecule has 0 fully saturated rings. The molecule has 0 amide bonds. The van der Waals surface area contributed by atoms with E-state index in [0.29, 0.717) is 17.1 Å². The largest absolute Gasteiger partial charge is 1.00 e. The molecule has 0 saturated carbocycles. The molecule has 0 bridgehead atoms. The van der Waals surface area contributed by atoms with Crippen molar-refractivity contribution in [2.45, 2.75) is 32.3 Å². The van der Waals surface area contributed by atoms with Crippen LogP contribution in [0.1, 0.15) is 37.1 Å². The second-order valence-corrected chi connectivity index (χ2v) is 5.11. The van der Waals surface area contributed by atoms with Crippen LogP contribution < -0.4 is 28.3 Å². The molecule has 19 heavy (non-hydrogen) atoms. The summed E-state index contributed by atoms with van der Waals surface area (Å²) in [7, 11) is 5.75. The third kappa shape index (κ3) is 4.53. The molecule has 102 valence electrons. The zero-order valence-electron chi connectivity index (χ0n) is 13.4. The number of rotatable bonds is 6. The Kier molecular flexibility index (Phi) is 8.42. The van der Waals surface area contributed by atoms with Crippen LogP contribution in [0.2, 0.25) is 0 Å². The zero-order chi connectivity index (χ0) is 13.7. The van der Waals surface area contributed by atoms with Crippen molar-refractivity contribution in [1.82, 2.24) is 0 Å². The molecule has 0 N–H and O–H groups in total. The summed E-state index contributed by atoms with van der Waals surface area (Å²) in [4.78, 5) is 12.4. The molecule has 0 saturated heterocycles. The summed E-state index contributed by atoms with van der Waals surface area (Å²) in [5.74, 6) is 1.22. The van der Waals surface area contributed by atoms with Crippen molar-refractivity contribution in [3.8, 4) is 11.5 Å². The summed E-state index contributed by atoms with van der Waals surface area (Å²) < 4.78 is 10.6. The van der Waals surface area contributed by atoms with Crippen LogP contribution in [0.25, 0.3) is 0 Å². The van der Waals surface area contributed by atoms with Crippen molar-refractivity contribution >= 4 is 15.0 Å². The summed E-state index contributed by atoms with van der Waals surface area (Å²) in [5.41, 5.74) is 1.45. The smallest absolute Gasteiger partial charge is 1.00 e. The van der Waals surface area contributed by atoms with Gasteiger partial charge in [-0.1, -0.05) is 13.3 Å². The molecule has 0 aliphatic heterocycles. The first-order valence-corrected chi connectivity index (χ1v) is 6.74. The fourth-order valence-electron chi connectivity index (χ4n) is 1.91. The van der Waals surface area contributed by atoms with Crippen LogP contribution in [0.4, 0.5) is 0 Å². The maximum absolute atomic E-state index is 12.4. The van der Waals surface area contributed by atoms with Crippen LogP contribution in [0.15, 0.2) is 12.1 Å². The van der Waals surface area contributed by atoms with Gasteiger partial charge in [-0.05, 0) is 31.0 Å². The quantitative estimate of drug-likeness (QED) is 0.427. The minimum absolute atomic E-state index is 0. The van der Waals surface area contributed by atoms with E-state index in [2.05, 4.69) is 16.2 Å². The van der Waals surface area contributed by atoms with E-state index >= 15 is 0 Å². The van der Waals surface area contributed by atoms with Gasteiger partial charge in [0.15, 0.2) is 5.78 Å². The van der Waals surface area contributed by atoms with Crippen LogP contribution in [0.5, 0.6) is 11.5 Å². The second-order valence-electron chi connectivity index (χ2n) is 4.30. The van der Waals surface area contributed by atoms with Gasteiger partial charge in [-0.2, -0.15) is 0 Å². The number of methoxy groups -OCH3 is 2. The van der Waals surface area contributed by atoms with Gasteiger partial charge < -0.3 is 10.9 Å². The third-order valence-corrected chi connectivity index (χ3v) is 3.47. The maximum Gasteiger partial charge on any atom is 1.00 e. The van der Waals surface area contributed by atoms with Crippen LogP contribution in [-0.4, -0.2) is 25.7 Å². The number of benzene rings is 1. The summed E-state index contributed by atoms with van der Waals surface area (Å²) in [6.07, 6.45) is 1.81. The van der Waals surface area contributed by atoms with Gasteiger partial charge >= 0.3 is 18.9 Å². The monoisotopic (exact) mass is 276 g/mol. The van der Waals surface area contributed by atoms with E-state index in [1.165, 1.54) is 0 Å². The Morgan fingerprint density at radius 1 is 1.32 bits per heavy atom. The summed E-state index contributed by atoms with van der Waals surface area (Å²) in [6, 6.07) is 3.72. The third-order valence-electron chi connectivity index (χ3n) is 2.83. The number of ketones is 1. The first kappa shape index (κ1) is 18.5. The Morgan fingerprint density at radius 3 is 2.16 bits per heavy atom. The number of hydrogen-bond donors (Lipinski definition) is 0. The number of carbonyl (C=O) groups is 1. The topological polar surface area (TPSA) is 35.5 Å². The molecule has 1 aromatic rings. The molecule has 1 aromatic carbocycles. The molecule has 0 spiro atoms. The van der Waals surface area contributed by atoms with Crippen molar-refractivity contribution in [1.29, 1.82) is 0 Å². The predicted octanol–water partition coefficient (Wildman–Crippen LogP) is 0.355. The van der Waals surface area contributed by atoms with E-state index in [4.69, 9.17) is 9.47 Å². The van der Waals surface area contributed by atoms with Gasteiger partial charge in [0.1, 0.15) is 17.1 Å². The number of ether oxygens (including phenoxy) is 2. The SMILES string of the molecule is CCCC(P)C(=O)c1c(OC)cc(C)cc1OC.[H-].[Li+]. The fraction of sp³-hybridized carbons (Fsp3) is 0.500. The second kappa shape index (κ2) is 8.64. The van der Waals surface area contributed by atoms with Gasteiger partial charge in [0.05, 0.1) is 14.2 Å². The first-order chi connectivity index (χ1) is 8.54. The molecule has 2 unspecified atom stereocenters. The van der Waals surface area contributed by atoms with Crippen molar-refractivity contribution in [2.75, 3.05) is 14.2 Å². The average molecular weight is 276 g/mol. The Morgan fingerprint density at radius 2 is 1.79 bits per heavy atom. The van der Waals surface area contributed by atoms with Crippen molar-refractivity contribution in [3.05, 3.63) is 23.3 Å². The van der Waals surface area contributed by atoms with Gasteiger partial charge in [0.25, 0.3) is 0 Å². The van der Waals surface area contributed by atoms with E-state index in [0.717, 1.165) is 18.4 Å². The van der Waals surface area contributed by atoms with E-state index in [1.54, 1.807) is 14.2 Å². The van der Waals surface area contributed by atoms with E-state index < -0.39 is 0 Å². The normalized spacial score (nSPS) is 11.4. The van der Waals surface area contributed by atoms with Crippen LogP contribution in [-0.2, 0) is 0 Å². The number of carbonyl (C=O) groups excluding carboxylic acids is 1. The Hall–Kier alpha value is -0.483. The molecular weight excluding hydrogens is 254 g/mol. The Labute approximate surface area is 131 Å². The molecule has 0 radical (unpaired) electrons. The number of hydrogen-bond acceptors (Lipinski definition) is 3. The minimum Gasteiger partial charge on any atom is -1.00 e. The summed E-state index contributed by atoms with van der Waals surface area (Å²) in [5, 5.41) is 0. The number of Topliss-reactive ketones (excluding diaryl/α,β-unsaturated/α-hetero) is 1. The van der Waals surface area contributed by atoms with Gasteiger partial charge in [0.2, 0.25) is 0 Å². The summed E-state index contributed by atoms with van der Waals surface area (Å²) >= 11 is 0. The predicted molar refractivity (Wildman–Crippen MR) is 78.1 cm³/mol. The molecule has 0 aliphatic rings. The maximum atomic E-state index is 12.4. The Balaban J connectivity index is 0. The molecule has 1 rings (SSSR count). The molecular formula is C14H22LiO3P. The molecule has 5 heteroatoms. The van der Waals surface area contributed by atoms with Crippen LogP contribution >= 0.6 is 9.24 Å².